The number of aliphatic hydroxyl groups is 1. The quantitative estimate of drug-likeness (QED) is 0.811. The zero-order chi connectivity index (χ0) is 11.5. The Bertz CT molecular complexity index is 458. The van der Waals surface area contributed by atoms with Crippen molar-refractivity contribution in [1.29, 1.82) is 0 Å². The van der Waals surface area contributed by atoms with Crippen molar-refractivity contribution in [2.45, 2.75) is 20.3 Å². The van der Waals surface area contributed by atoms with Crippen LogP contribution in [0.2, 0.25) is 0 Å². The van der Waals surface area contributed by atoms with E-state index in [-0.39, 0.29) is 6.61 Å². The number of H-pyrrole nitrogens is 1. The topological polar surface area (TPSA) is 36.0 Å². The molecule has 0 radical (unpaired) electrons. The molecule has 0 saturated heterocycles. The molecule has 0 aliphatic heterocycles. The lowest BCUT2D eigenvalue weighted by Gasteiger charge is -2.17. The molecule has 2 rings (SSSR count). The molecule has 0 aliphatic rings. The Labute approximate surface area is 96.3 Å². The molecule has 2 heteroatoms. The molecule has 1 atom stereocenters. The lowest BCUT2D eigenvalue weighted by molar-refractivity contribution is 0.189. The van der Waals surface area contributed by atoms with E-state index in [1.165, 1.54) is 16.5 Å². The minimum atomic E-state index is 0.261. The first kappa shape index (κ1) is 11.2. The Morgan fingerprint density at radius 2 is 2.00 bits per heavy atom. The van der Waals surface area contributed by atoms with Gasteiger partial charge in [-0.1, -0.05) is 32.0 Å². The molecule has 2 N–H and O–H groups in total. The number of rotatable bonds is 4. The summed E-state index contributed by atoms with van der Waals surface area (Å²) in [5.74, 6) is 0.859. The predicted molar refractivity (Wildman–Crippen MR) is 67.4 cm³/mol. The highest BCUT2D eigenvalue weighted by Gasteiger charge is 2.14. The van der Waals surface area contributed by atoms with Crippen molar-refractivity contribution in [2.75, 3.05) is 6.61 Å². The molecule has 0 amide bonds. The molecule has 1 aromatic heterocycles. The predicted octanol–water partition coefficient (Wildman–Crippen LogP) is 2.97. The van der Waals surface area contributed by atoms with Crippen LogP contribution in [0.3, 0.4) is 0 Å². The Kier molecular flexibility index (Phi) is 3.30. The summed E-state index contributed by atoms with van der Waals surface area (Å²) >= 11 is 0. The molecule has 0 aliphatic carbocycles. The van der Waals surface area contributed by atoms with Gasteiger partial charge in [0, 0.05) is 23.7 Å². The van der Waals surface area contributed by atoms with E-state index in [9.17, 15) is 5.11 Å². The number of hydrogen-bond acceptors (Lipinski definition) is 1. The molecule has 1 aromatic carbocycles. The van der Waals surface area contributed by atoms with Gasteiger partial charge >= 0.3 is 0 Å². The minimum absolute atomic E-state index is 0.261. The van der Waals surface area contributed by atoms with Crippen LogP contribution in [0.25, 0.3) is 10.9 Å². The lowest BCUT2D eigenvalue weighted by atomic mass is 9.90. The zero-order valence-electron chi connectivity index (χ0n) is 9.90. The zero-order valence-corrected chi connectivity index (χ0v) is 9.90. The largest absolute Gasteiger partial charge is 0.396 e. The Balaban J connectivity index is 2.27. The van der Waals surface area contributed by atoms with E-state index in [1.807, 2.05) is 6.07 Å². The fraction of sp³-hybridized carbons (Fsp3) is 0.429. The maximum Gasteiger partial charge on any atom is 0.0464 e. The third kappa shape index (κ3) is 2.12. The number of aliphatic hydroxyl groups excluding tert-OH is 1. The summed E-state index contributed by atoms with van der Waals surface area (Å²) in [6.07, 6.45) is 3.01. The Morgan fingerprint density at radius 3 is 2.69 bits per heavy atom. The van der Waals surface area contributed by atoms with Crippen LogP contribution in [0.15, 0.2) is 30.5 Å². The highest BCUT2D eigenvalue weighted by atomic mass is 16.3. The SMILES string of the molecule is CC(C)[C@H](CO)Cc1c[nH]c2ccccc12. The summed E-state index contributed by atoms with van der Waals surface area (Å²) in [5, 5.41) is 10.6. The molecule has 86 valence electrons. The Morgan fingerprint density at radius 1 is 1.25 bits per heavy atom. The molecule has 2 nitrogen and oxygen atoms in total. The highest BCUT2D eigenvalue weighted by molar-refractivity contribution is 5.83. The number of para-hydroxylation sites is 1. The lowest BCUT2D eigenvalue weighted by Crippen LogP contribution is -2.16. The second-order valence-electron chi connectivity index (χ2n) is 4.75. The number of nitrogens with one attached hydrogen (secondary N) is 1. The van der Waals surface area contributed by atoms with Gasteiger partial charge in [-0.2, -0.15) is 0 Å². The average Bonchev–Trinajstić information content (AvgIpc) is 2.69. The van der Waals surface area contributed by atoms with Crippen molar-refractivity contribution in [3.63, 3.8) is 0 Å². The highest BCUT2D eigenvalue weighted by Crippen LogP contribution is 2.23. The summed E-state index contributed by atoms with van der Waals surface area (Å²) < 4.78 is 0. The van der Waals surface area contributed by atoms with Crippen molar-refractivity contribution in [3.8, 4) is 0 Å². The molecule has 0 unspecified atom stereocenters. The maximum absolute atomic E-state index is 9.36. The fourth-order valence-electron chi connectivity index (χ4n) is 2.09. The van der Waals surface area contributed by atoms with Crippen LogP contribution in [-0.2, 0) is 6.42 Å². The van der Waals surface area contributed by atoms with Crippen LogP contribution in [0, 0.1) is 11.8 Å². The first-order valence-electron chi connectivity index (χ1n) is 5.88. The summed E-state index contributed by atoms with van der Waals surface area (Å²) in [5.41, 5.74) is 2.49. The summed E-state index contributed by atoms with van der Waals surface area (Å²) in [6.45, 7) is 4.59. The summed E-state index contributed by atoms with van der Waals surface area (Å²) in [4.78, 5) is 3.27. The second-order valence-corrected chi connectivity index (χ2v) is 4.75. The molecule has 16 heavy (non-hydrogen) atoms. The molecule has 0 saturated carbocycles. The van der Waals surface area contributed by atoms with E-state index < -0.39 is 0 Å². The standard InChI is InChI=1S/C14H19NO/c1-10(2)12(9-16)7-11-8-15-14-6-4-3-5-13(11)14/h3-6,8,10,12,15-16H,7,9H2,1-2H3/t12-/m0/s1. The van der Waals surface area contributed by atoms with Crippen LogP contribution in [-0.4, -0.2) is 16.7 Å². The van der Waals surface area contributed by atoms with Crippen molar-refractivity contribution >= 4 is 10.9 Å². The van der Waals surface area contributed by atoms with Gasteiger partial charge in [0.2, 0.25) is 0 Å². The number of aromatic amines is 1. The molecular formula is C14H19NO. The van der Waals surface area contributed by atoms with Gasteiger partial charge in [-0.05, 0) is 29.9 Å². The Hall–Kier alpha value is -1.28. The number of benzene rings is 1. The van der Waals surface area contributed by atoms with E-state index in [1.54, 1.807) is 0 Å². The van der Waals surface area contributed by atoms with Crippen molar-refractivity contribution in [3.05, 3.63) is 36.0 Å². The van der Waals surface area contributed by atoms with E-state index >= 15 is 0 Å². The molecule has 1 heterocycles. The molecular weight excluding hydrogens is 198 g/mol. The third-order valence-corrected chi connectivity index (χ3v) is 3.33. The number of aromatic nitrogens is 1. The fourth-order valence-corrected chi connectivity index (χ4v) is 2.09. The van der Waals surface area contributed by atoms with Gasteiger partial charge in [0.15, 0.2) is 0 Å². The van der Waals surface area contributed by atoms with Gasteiger partial charge in [-0.25, -0.2) is 0 Å². The normalized spacial score (nSPS) is 13.5. The first-order chi connectivity index (χ1) is 7.72. The minimum Gasteiger partial charge on any atom is -0.396 e. The van der Waals surface area contributed by atoms with Crippen molar-refractivity contribution < 1.29 is 5.11 Å². The smallest absolute Gasteiger partial charge is 0.0464 e. The molecule has 2 aromatic rings. The second kappa shape index (κ2) is 4.71. The molecule has 0 spiro atoms. The van der Waals surface area contributed by atoms with Gasteiger partial charge in [0.1, 0.15) is 0 Å². The monoisotopic (exact) mass is 217 g/mol. The summed E-state index contributed by atoms with van der Waals surface area (Å²) in [6, 6.07) is 8.32. The average molecular weight is 217 g/mol. The maximum atomic E-state index is 9.36. The van der Waals surface area contributed by atoms with Gasteiger partial charge < -0.3 is 10.1 Å². The third-order valence-electron chi connectivity index (χ3n) is 3.33. The van der Waals surface area contributed by atoms with Crippen LogP contribution in [0.5, 0.6) is 0 Å². The number of fused-ring (bicyclic) bond motifs is 1. The van der Waals surface area contributed by atoms with E-state index in [2.05, 4.69) is 43.2 Å². The van der Waals surface area contributed by atoms with E-state index in [4.69, 9.17) is 0 Å². The first-order valence-corrected chi connectivity index (χ1v) is 5.88. The van der Waals surface area contributed by atoms with Crippen LogP contribution in [0.1, 0.15) is 19.4 Å². The number of hydrogen-bond donors (Lipinski definition) is 2. The van der Waals surface area contributed by atoms with Gasteiger partial charge in [-0.3, -0.25) is 0 Å². The van der Waals surface area contributed by atoms with Gasteiger partial charge in [0.05, 0.1) is 0 Å². The summed E-state index contributed by atoms with van der Waals surface area (Å²) in [7, 11) is 0. The van der Waals surface area contributed by atoms with Crippen LogP contribution in [0.4, 0.5) is 0 Å². The van der Waals surface area contributed by atoms with Crippen LogP contribution >= 0.6 is 0 Å². The molecule has 0 bridgehead atoms. The van der Waals surface area contributed by atoms with Crippen molar-refractivity contribution in [1.82, 2.24) is 4.98 Å². The van der Waals surface area contributed by atoms with Crippen LogP contribution < -0.4 is 0 Å². The van der Waals surface area contributed by atoms with E-state index in [0.717, 1.165) is 6.42 Å². The van der Waals surface area contributed by atoms with Gasteiger partial charge in [0.25, 0.3) is 0 Å². The van der Waals surface area contributed by atoms with Gasteiger partial charge in [-0.15, -0.1) is 0 Å². The van der Waals surface area contributed by atoms with Crippen molar-refractivity contribution in [2.24, 2.45) is 11.8 Å². The molecule has 0 fully saturated rings. The van der Waals surface area contributed by atoms with E-state index in [0.29, 0.717) is 11.8 Å².